The van der Waals surface area contributed by atoms with E-state index in [1.807, 2.05) is 26.8 Å². The Morgan fingerprint density at radius 2 is 2.09 bits per heavy atom. The first-order valence-electron chi connectivity index (χ1n) is 11.2. The lowest BCUT2D eigenvalue weighted by Crippen LogP contribution is -2.37. The number of aryl methyl sites for hydroxylation is 1. The maximum atomic E-state index is 13.2. The Labute approximate surface area is 189 Å². The van der Waals surface area contributed by atoms with Crippen molar-refractivity contribution in [2.45, 2.75) is 64.8 Å². The van der Waals surface area contributed by atoms with Gasteiger partial charge in [-0.1, -0.05) is 38.8 Å². The fourth-order valence-corrected chi connectivity index (χ4v) is 4.20. The standard InChI is InChI=1S/C24H34N6O2/c1-6-7-8-16(10-17-13-27-20(25)9-15(17)2)12-28-21(31)19-11-24(3,4)23-29-14-18(26-5)22(32)30(19)23/h9-10,13-14,19,26H,6-8,11-12H2,1-5H3,(H2,25,27)(H,28,31)/b16-10+. The highest BCUT2D eigenvalue weighted by Crippen LogP contribution is 2.38. The normalized spacial score (nSPS) is 17.2. The lowest BCUT2D eigenvalue weighted by atomic mass is 9.89. The molecule has 1 atom stereocenters. The number of hydrogen-bond acceptors (Lipinski definition) is 6. The first-order chi connectivity index (χ1) is 15.2. The van der Waals surface area contributed by atoms with Gasteiger partial charge in [0.15, 0.2) is 0 Å². The molecular formula is C24H34N6O2. The molecule has 8 nitrogen and oxygen atoms in total. The number of nitrogens with two attached hydrogens (primary N) is 1. The van der Waals surface area contributed by atoms with Gasteiger partial charge in [0.25, 0.3) is 5.56 Å². The number of hydrogen-bond donors (Lipinski definition) is 3. The summed E-state index contributed by atoms with van der Waals surface area (Å²) in [6.45, 7) is 8.59. The molecule has 0 saturated heterocycles. The van der Waals surface area contributed by atoms with Crippen LogP contribution < -0.4 is 21.9 Å². The van der Waals surface area contributed by atoms with Crippen LogP contribution in [0.2, 0.25) is 0 Å². The summed E-state index contributed by atoms with van der Waals surface area (Å²) in [5.74, 6) is 0.973. The molecule has 0 spiro atoms. The summed E-state index contributed by atoms with van der Waals surface area (Å²) in [6, 6.07) is 1.26. The molecule has 3 heterocycles. The van der Waals surface area contributed by atoms with Gasteiger partial charge in [0.1, 0.15) is 23.4 Å². The number of fused-ring (bicyclic) bond motifs is 1. The maximum absolute atomic E-state index is 13.2. The van der Waals surface area contributed by atoms with Gasteiger partial charge in [-0.05, 0) is 43.4 Å². The molecule has 1 aliphatic rings. The van der Waals surface area contributed by atoms with E-state index in [1.165, 1.54) is 0 Å². The fraction of sp³-hybridized carbons (Fsp3) is 0.500. The lowest BCUT2D eigenvalue weighted by molar-refractivity contribution is -0.124. The minimum Gasteiger partial charge on any atom is -0.384 e. The van der Waals surface area contributed by atoms with Gasteiger partial charge in [-0.15, -0.1) is 0 Å². The van der Waals surface area contributed by atoms with Gasteiger partial charge < -0.3 is 16.4 Å². The average Bonchev–Trinajstić information content (AvgIpc) is 3.03. The first-order valence-corrected chi connectivity index (χ1v) is 11.2. The Balaban J connectivity index is 1.83. The third-order valence-electron chi connectivity index (χ3n) is 6.06. The monoisotopic (exact) mass is 438 g/mol. The molecule has 0 aromatic carbocycles. The number of nitrogen functional groups attached to an aromatic ring is 1. The maximum Gasteiger partial charge on any atom is 0.277 e. The van der Waals surface area contributed by atoms with E-state index in [4.69, 9.17) is 5.73 Å². The highest BCUT2D eigenvalue weighted by molar-refractivity contribution is 5.81. The molecule has 1 unspecified atom stereocenters. The molecule has 2 aromatic heterocycles. The van der Waals surface area contributed by atoms with E-state index >= 15 is 0 Å². The Kier molecular flexibility index (Phi) is 7.01. The summed E-state index contributed by atoms with van der Waals surface area (Å²) in [6.07, 6.45) is 8.88. The number of amides is 1. The minimum atomic E-state index is -0.583. The van der Waals surface area contributed by atoms with Crippen LogP contribution in [0.5, 0.6) is 0 Å². The topological polar surface area (TPSA) is 115 Å². The Morgan fingerprint density at radius 3 is 2.75 bits per heavy atom. The van der Waals surface area contributed by atoms with Crippen molar-refractivity contribution in [2.75, 3.05) is 24.6 Å². The van der Waals surface area contributed by atoms with Gasteiger partial charge in [-0.2, -0.15) is 0 Å². The van der Waals surface area contributed by atoms with Crippen LogP contribution >= 0.6 is 0 Å². The predicted octanol–water partition coefficient (Wildman–Crippen LogP) is 3.18. The molecule has 0 saturated carbocycles. The highest BCUT2D eigenvalue weighted by atomic mass is 16.2. The molecule has 0 bridgehead atoms. The molecular weight excluding hydrogens is 404 g/mol. The number of aromatic nitrogens is 3. The third-order valence-corrected chi connectivity index (χ3v) is 6.06. The second-order valence-corrected chi connectivity index (χ2v) is 9.11. The van der Waals surface area contributed by atoms with Crippen LogP contribution in [0, 0.1) is 6.92 Å². The van der Waals surface area contributed by atoms with Gasteiger partial charge in [-0.3, -0.25) is 14.2 Å². The summed E-state index contributed by atoms with van der Waals surface area (Å²) >= 11 is 0. The van der Waals surface area contributed by atoms with E-state index < -0.39 is 6.04 Å². The Bertz CT molecular complexity index is 1090. The van der Waals surface area contributed by atoms with Crippen molar-refractivity contribution in [3.63, 3.8) is 0 Å². The summed E-state index contributed by atoms with van der Waals surface area (Å²) in [4.78, 5) is 34.8. The van der Waals surface area contributed by atoms with E-state index in [1.54, 1.807) is 24.0 Å². The molecule has 3 rings (SSSR count). The van der Waals surface area contributed by atoms with Crippen LogP contribution in [0.1, 0.15) is 69.4 Å². The van der Waals surface area contributed by atoms with Crippen LogP contribution in [-0.4, -0.2) is 34.0 Å². The number of pyridine rings is 1. The van der Waals surface area contributed by atoms with Crippen LogP contribution in [-0.2, 0) is 10.2 Å². The summed E-state index contributed by atoms with van der Waals surface area (Å²) in [5.41, 5.74) is 8.74. The Hall–Kier alpha value is -3.16. The van der Waals surface area contributed by atoms with Crippen LogP contribution in [0.25, 0.3) is 6.08 Å². The third kappa shape index (κ3) is 4.84. The Morgan fingerprint density at radius 1 is 1.34 bits per heavy atom. The zero-order chi connectivity index (χ0) is 23.5. The number of rotatable bonds is 8. The van der Waals surface area contributed by atoms with E-state index in [9.17, 15) is 9.59 Å². The average molecular weight is 439 g/mol. The zero-order valence-electron chi connectivity index (χ0n) is 19.7. The molecule has 1 amide bonds. The van der Waals surface area contributed by atoms with E-state index in [0.717, 1.165) is 36.0 Å². The molecule has 2 aromatic rings. The van der Waals surface area contributed by atoms with Crippen molar-refractivity contribution < 1.29 is 4.79 Å². The second-order valence-electron chi connectivity index (χ2n) is 9.11. The van der Waals surface area contributed by atoms with Crippen LogP contribution in [0.15, 0.2) is 28.8 Å². The van der Waals surface area contributed by atoms with E-state index in [0.29, 0.717) is 30.3 Å². The van der Waals surface area contributed by atoms with Crippen LogP contribution in [0.4, 0.5) is 11.5 Å². The summed E-state index contributed by atoms with van der Waals surface area (Å²) in [5, 5.41) is 5.94. The van der Waals surface area contributed by atoms with Crippen molar-refractivity contribution in [3.8, 4) is 0 Å². The SMILES string of the molecule is CCCC/C(=C\c1cnc(N)cc1C)CNC(=O)C1CC(C)(C)c2ncc(NC)c(=O)n21. The second kappa shape index (κ2) is 9.54. The van der Waals surface area contributed by atoms with Gasteiger partial charge in [-0.25, -0.2) is 9.97 Å². The fourth-order valence-electron chi connectivity index (χ4n) is 4.20. The molecule has 0 fully saturated rings. The molecule has 172 valence electrons. The van der Waals surface area contributed by atoms with Gasteiger partial charge in [0, 0.05) is 25.2 Å². The van der Waals surface area contributed by atoms with Gasteiger partial charge >= 0.3 is 0 Å². The predicted molar refractivity (Wildman–Crippen MR) is 129 cm³/mol. The number of nitrogens with zero attached hydrogens (tertiary/aromatic N) is 3. The summed E-state index contributed by atoms with van der Waals surface area (Å²) in [7, 11) is 1.68. The molecule has 0 radical (unpaired) electrons. The smallest absolute Gasteiger partial charge is 0.277 e. The number of unbranched alkanes of at least 4 members (excludes halogenated alkanes) is 1. The first kappa shape index (κ1) is 23.5. The number of anilines is 2. The molecule has 32 heavy (non-hydrogen) atoms. The van der Waals surface area contributed by atoms with E-state index in [2.05, 4.69) is 33.6 Å². The summed E-state index contributed by atoms with van der Waals surface area (Å²) < 4.78 is 1.55. The van der Waals surface area contributed by atoms with Crippen molar-refractivity contribution in [3.05, 3.63) is 51.3 Å². The largest absolute Gasteiger partial charge is 0.384 e. The van der Waals surface area contributed by atoms with E-state index in [-0.39, 0.29) is 16.9 Å². The quantitative estimate of drug-likeness (QED) is 0.583. The molecule has 4 N–H and O–H groups in total. The van der Waals surface area contributed by atoms with Crippen molar-refractivity contribution in [2.24, 2.45) is 0 Å². The van der Waals surface area contributed by atoms with Gasteiger partial charge in [0.05, 0.1) is 6.20 Å². The zero-order valence-corrected chi connectivity index (χ0v) is 19.7. The molecule has 1 aliphatic heterocycles. The van der Waals surface area contributed by atoms with Crippen LogP contribution in [0.3, 0.4) is 0 Å². The highest BCUT2D eigenvalue weighted by Gasteiger charge is 2.42. The van der Waals surface area contributed by atoms with Crippen molar-refractivity contribution >= 4 is 23.5 Å². The molecule has 8 heteroatoms. The van der Waals surface area contributed by atoms with Crippen molar-refractivity contribution in [1.82, 2.24) is 19.9 Å². The number of carbonyl (C=O) groups is 1. The number of carbonyl (C=O) groups excluding carboxylic acids is 1. The molecule has 0 aliphatic carbocycles. The number of nitrogens with one attached hydrogen (secondary N) is 2. The minimum absolute atomic E-state index is 0.163. The lowest BCUT2D eigenvalue weighted by Gasteiger charge is -2.16. The van der Waals surface area contributed by atoms with Crippen molar-refractivity contribution in [1.29, 1.82) is 0 Å². The van der Waals surface area contributed by atoms with Gasteiger partial charge in [0.2, 0.25) is 5.91 Å².